The fourth-order valence-electron chi connectivity index (χ4n) is 1.52. The zero-order valence-corrected chi connectivity index (χ0v) is 7.31. The largest absolute Gasteiger partial charge is 0.458 e. The number of fused-ring (bicyclic) bond motifs is 3. The highest BCUT2D eigenvalue weighted by molar-refractivity contribution is 5.88. The summed E-state index contributed by atoms with van der Waals surface area (Å²) in [5.74, 6) is 1.46. The van der Waals surface area contributed by atoms with E-state index >= 15 is 0 Å². The summed E-state index contributed by atoms with van der Waals surface area (Å²) >= 11 is 0. The molecule has 3 nitrogen and oxygen atoms in total. The van der Waals surface area contributed by atoms with Crippen LogP contribution in [0.4, 0.5) is 0 Å². The van der Waals surface area contributed by atoms with Crippen LogP contribution in [0.15, 0.2) is 43.0 Å². The van der Waals surface area contributed by atoms with Crippen LogP contribution in [0.25, 0.3) is 10.9 Å². The lowest BCUT2D eigenvalue weighted by Gasteiger charge is -2.13. The van der Waals surface area contributed by atoms with E-state index in [1.807, 2.05) is 24.3 Å². The molecule has 0 unspecified atom stereocenters. The van der Waals surface area contributed by atoms with Crippen LogP contribution in [-0.4, -0.2) is 4.98 Å². The van der Waals surface area contributed by atoms with Gasteiger partial charge < -0.3 is 9.47 Å². The minimum atomic E-state index is 0.730. The molecule has 0 aliphatic carbocycles. The summed E-state index contributed by atoms with van der Waals surface area (Å²) in [6.07, 6.45) is 4.80. The Balaban J connectivity index is 2.37. The van der Waals surface area contributed by atoms with E-state index in [-0.39, 0.29) is 0 Å². The van der Waals surface area contributed by atoms with Gasteiger partial charge in [0.15, 0.2) is 11.5 Å². The average Bonchev–Trinajstić information content (AvgIpc) is 2.29. The maximum Gasteiger partial charge on any atom is 0.178 e. The van der Waals surface area contributed by atoms with Gasteiger partial charge in [0.25, 0.3) is 0 Å². The molecule has 3 rings (SSSR count). The molecule has 1 aromatic carbocycles. The molecule has 14 heavy (non-hydrogen) atoms. The molecule has 1 aromatic heterocycles. The fourth-order valence-corrected chi connectivity index (χ4v) is 1.52. The van der Waals surface area contributed by atoms with Gasteiger partial charge in [0.2, 0.25) is 0 Å². The van der Waals surface area contributed by atoms with E-state index in [9.17, 15) is 0 Å². The molecular formula is C11H7NO2. The SMILES string of the molecule is C1=COc2c(ccc3ncccc23)O1. The molecule has 0 spiro atoms. The molecule has 0 fully saturated rings. The monoisotopic (exact) mass is 185 g/mol. The van der Waals surface area contributed by atoms with Crippen molar-refractivity contribution in [2.75, 3.05) is 0 Å². The Morgan fingerprint density at radius 1 is 1.00 bits per heavy atom. The smallest absolute Gasteiger partial charge is 0.178 e. The molecule has 0 N–H and O–H groups in total. The summed E-state index contributed by atoms with van der Waals surface area (Å²) in [6.45, 7) is 0. The standard InChI is InChI=1S/C11H7NO2/c1-2-8-9(12-5-1)3-4-10-11(8)14-7-6-13-10/h1-7H. The van der Waals surface area contributed by atoms with Gasteiger partial charge in [-0.1, -0.05) is 0 Å². The van der Waals surface area contributed by atoms with E-state index in [0.717, 1.165) is 22.4 Å². The van der Waals surface area contributed by atoms with Gasteiger partial charge >= 0.3 is 0 Å². The fraction of sp³-hybridized carbons (Fsp3) is 0. The Kier molecular flexibility index (Phi) is 1.44. The lowest BCUT2D eigenvalue weighted by molar-refractivity contribution is 0.365. The molecule has 2 aromatic rings. The molecule has 1 aliphatic rings. The summed E-state index contributed by atoms with van der Waals surface area (Å²) in [4.78, 5) is 4.23. The first-order chi connectivity index (χ1) is 6.95. The molecule has 0 saturated heterocycles. The quantitative estimate of drug-likeness (QED) is 0.631. The van der Waals surface area contributed by atoms with Gasteiger partial charge in [0.1, 0.15) is 12.5 Å². The first-order valence-electron chi connectivity index (χ1n) is 4.31. The Bertz CT molecular complexity index is 520. The van der Waals surface area contributed by atoms with Crippen molar-refractivity contribution in [3.8, 4) is 11.5 Å². The third-order valence-corrected chi connectivity index (χ3v) is 2.14. The van der Waals surface area contributed by atoms with Crippen molar-refractivity contribution in [2.45, 2.75) is 0 Å². The number of benzene rings is 1. The first kappa shape index (κ1) is 7.38. The molecular weight excluding hydrogens is 178 g/mol. The van der Waals surface area contributed by atoms with Crippen molar-refractivity contribution < 1.29 is 9.47 Å². The Morgan fingerprint density at radius 3 is 2.93 bits per heavy atom. The predicted octanol–water partition coefficient (Wildman–Crippen LogP) is 2.48. The van der Waals surface area contributed by atoms with Gasteiger partial charge in [-0.2, -0.15) is 0 Å². The van der Waals surface area contributed by atoms with Crippen molar-refractivity contribution in [3.63, 3.8) is 0 Å². The van der Waals surface area contributed by atoms with Crippen molar-refractivity contribution in [1.82, 2.24) is 4.98 Å². The van der Waals surface area contributed by atoms with Crippen molar-refractivity contribution >= 4 is 10.9 Å². The molecule has 3 heteroatoms. The maximum absolute atomic E-state index is 5.39. The van der Waals surface area contributed by atoms with Gasteiger partial charge in [-0.25, -0.2) is 0 Å². The van der Waals surface area contributed by atoms with Crippen LogP contribution in [-0.2, 0) is 0 Å². The minimum Gasteiger partial charge on any atom is -0.458 e. The second-order valence-electron chi connectivity index (χ2n) is 2.97. The Morgan fingerprint density at radius 2 is 1.93 bits per heavy atom. The highest BCUT2D eigenvalue weighted by Crippen LogP contribution is 2.36. The van der Waals surface area contributed by atoms with E-state index < -0.39 is 0 Å². The molecule has 0 amide bonds. The Labute approximate surface area is 80.6 Å². The molecule has 0 bridgehead atoms. The van der Waals surface area contributed by atoms with E-state index in [1.54, 1.807) is 6.20 Å². The van der Waals surface area contributed by atoms with Crippen molar-refractivity contribution in [3.05, 3.63) is 43.0 Å². The second kappa shape index (κ2) is 2.73. The summed E-state index contributed by atoms with van der Waals surface area (Å²) in [5, 5.41) is 0.967. The third-order valence-electron chi connectivity index (χ3n) is 2.14. The number of hydrogen-bond acceptors (Lipinski definition) is 3. The molecule has 68 valence electrons. The number of pyridine rings is 1. The van der Waals surface area contributed by atoms with Crippen LogP contribution in [0.2, 0.25) is 0 Å². The van der Waals surface area contributed by atoms with Gasteiger partial charge in [-0.3, -0.25) is 4.98 Å². The second-order valence-corrected chi connectivity index (χ2v) is 2.97. The van der Waals surface area contributed by atoms with Crippen LogP contribution in [0.3, 0.4) is 0 Å². The first-order valence-corrected chi connectivity index (χ1v) is 4.31. The van der Waals surface area contributed by atoms with E-state index in [1.165, 1.54) is 12.5 Å². The van der Waals surface area contributed by atoms with Crippen molar-refractivity contribution in [2.24, 2.45) is 0 Å². The van der Waals surface area contributed by atoms with Crippen LogP contribution in [0.5, 0.6) is 11.5 Å². The third kappa shape index (κ3) is 0.956. The van der Waals surface area contributed by atoms with E-state index in [0.29, 0.717) is 0 Å². The van der Waals surface area contributed by atoms with E-state index in [2.05, 4.69) is 4.98 Å². The lowest BCUT2D eigenvalue weighted by atomic mass is 10.2. The van der Waals surface area contributed by atoms with Crippen molar-refractivity contribution in [1.29, 1.82) is 0 Å². The average molecular weight is 185 g/mol. The number of ether oxygens (including phenoxy) is 2. The molecule has 0 atom stereocenters. The van der Waals surface area contributed by atoms with E-state index in [4.69, 9.17) is 9.47 Å². The number of aromatic nitrogens is 1. The van der Waals surface area contributed by atoms with Crippen LogP contribution in [0.1, 0.15) is 0 Å². The summed E-state index contributed by atoms with van der Waals surface area (Å²) < 4.78 is 10.7. The zero-order valence-electron chi connectivity index (χ0n) is 7.31. The predicted molar refractivity (Wildman–Crippen MR) is 52.1 cm³/mol. The Hall–Kier alpha value is -2.03. The highest BCUT2D eigenvalue weighted by Gasteiger charge is 2.11. The number of nitrogens with zero attached hydrogens (tertiary/aromatic N) is 1. The van der Waals surface area contributed by atoms with Crippen LogP contribution < -0.4 is 9.47 Å². The molecule has 2 heterocycles. The van der Waals surface area contributed by atoms with Gasteiger partial charge in [0.05, 0.1) is 5.52 Å². The lowest BCUT2D eigenvalue weighted by Crippen LogP contribution is -1.96. The minimum absolute atomic E-state index is 0.730. The normalized spacial score (nSPS) is 13.1. The molecule has 0 saturated carbocycles. The van der Waals surface area contributed by atoms with Gasteiger partial charge in [-0.05, 0) is 24.3 Å². The molecule has 1 aliphatic heterocycles. The van der Waals surface area contributed by atoms with Crippen LogP contribution in [0, 0.1) is 0 Å². The summed E-state index contributed by atoms with van der Waals surface area (Å²) in [6, 6.07) is 7.61. The van der Waals surface area contributed by atoms with Gasteiger partial charge in [-0.15, -0.1) is 0 Å². The zero-order chi connectivity index (χ0) is 9.38. The van der Waals surface area contributed by atoms with Gasteiger partial charge in [0, 0.05) is 11.6 Å². The highest BCUT2D eigenvalue weighted by atomic mass is 16.5. The summed E-state index contributed by atoms with van der Waals surface area (Å²) in [5.41, 5.74) is 0.908. The summed E-state index contributed by atoms with van der Waals surface area (Å²) in [7, 11) is 0. The number of rotatable bonds is 0. The maximum atomic E-state index is 5.39. The molecule has 0 radical (unpaired) electrons. The van der Waals surface area contributed by atoms with Crippen LogP contribution >= 0.6 is 0 Å². The number of hydrogen-bond donors (Lipinski definition) is 0. The topological polar surface area (TPSA) is 31.4 Å².